The van der Waals surface area contributed by atoms with E-state index in [1.54, 1.807) is 6.07 Å². The van der Waals surface area contributed by atoms with Crippen LogP contribution in [0.5, 0.6) is 0 Å². The van der Waals surface area contributed by atoms with E-state index in [2.05, 4.69) is 22.3 Å². The van der Waals surface area contributed by atoms with E-state index < -0.39 is 0 Å². The fraction of sp³-hybridized carbons (Fsp3) is 0.381. The SMILES string of the molecule is CC(C(=O)Nc1cc(Cl)c(Cl)cc1Cl)N(C)Cc1ccccc1N1CCOCC1. The average Bonchev–Trinajstić information content (AvgIpc) is 2.72. The van der Waals surface area contributed by atoms with Gasteiger partial charge < -0.3 is 15.0 Å². The van der Waals surface area contributed by atoms with E-state index in [1.165, 1.54) is 17.3 Å². The highest BCUT2D eigenvalue weighted by molar-refractivity contribution is 6.44. The maximum absolute atomic E-state index is 12.8. The first-order chi connectivity index (χ1) is 13.9. The summed E-state index contributed by atoms with van der Waals surface area (Å²) in [6.45, 7) is 5.69. The van der Waals surface area contributed by atoms with Crippen molar-refractivity contribution >= 4 is 52.1 Å². The molecular weight excluding hydrogens is 433 g/mol. The van der Waals surface area contributed by atoms with E-state index in [9.17, 15) is 4.79 Å². The van der Waals surface area contributed by atoms with E-state index in [0.717, 1.165) is 26.3 Å². The number of morpholine rings is 1. The molecule has 1 aliphatic rings. The number of carbonyl (C=O) groups excluding carboxylic acids is 1. The predicted molar refractivity (Wildman–Crippen MR) is 121 cm³/mol. The third kappa shape index (κ3) is 5.56. The van der Waals surface area contributed by atoms with Gasteiger partial charge in [0.15, 0.2) is 0 Å². The van der Waals surface area contributed by atoms with Crippen molar-refractivity contribution in [2.24, 2.45) is 0 Å². The van der Waals surface area contributed by atoms with Gasteiger partial charge in [-0.15, -0.1) is 0 Å². The fourth-order valence-electron chi connectivity index (χ4n) is 3.22. The number of ether oxygens (including phenoxy) is 1. The monoisotopic (exact) mass is 455 g/mol. The van der Waals surface area contributed by atoms with Crippen molar-refractivity contribution in [2.45, 2.75) is 19.5 Å². The second-order valence-electron chi connectivity index (χ2n) is 7.05. The molecule has 0 radical (unpaired) electrons. The molecule has 1 amide bonds. The molecule has 0 aromatic heterocycles. The number of hydrogen-bond acceptors (Lipinski definition) is 4. The molecule has 1 unspecified atom stereocenters. The van der Waals surface area contributed by atoms with Crippen molar-refractivity contribution in [3.05, 3.63) is 57.0 Å². The van der Waals surface area contributed by atoms with Crippen molar-refractivity contribution < 1.29 is 9.53 Å². The molecule has 0 saturated carbocycles. The Morgan fingerprint density at radius 1 is 1.14 bits per heavy atom. The van der Waals surface area contributed by atoms with Crippen LogP contribution in [0, 0.1) is 0 Å². The molecule has 5 nitrogen and oxygen atoms in total. The number of nitrogens with zero attached hydrogens (tertiary/aromatic N) is 2. The van der Waals surface area contributed by atoms with Crippen LogP contribution in [0.2, 0.25) is 15.1 Å². The molecule has 1 fully saturated rings. The minimum atomic E-state index is -0.377. The maximum Gasteiger partial charge on any atom is 0.241 e. The number of hydrogen-bond donors (Lipinski definition) is 1. The number of para-hydroxylation sites is 1. The number of carbonyl (C=O) groups is 1. The summed E-state index contributed by atoms with van der Waals surface area (Å²) in [4.78, 5) is 17.1. The highest BCUT2D eigenvalue weighted by Gasteiger charge is 2.22. The van der Waals surface area contributed by atoms with Crippen molar-refractivity contribution in [3.8, 4) is 0 Å². The molecule has 0 bridgehead atoms. The second-order valence-corrected chi connectivity index (χ2v) is 8.28. The van der Waals surface area contributed by atoms with Gasteiger partial charge in [0.2, 0.25) is 5.91 Å². The van der Waals surface area contributed by atoms with Crippen LogP contribution in [0.1, 0.15) is 12.5 Å². The lowest BCUT2D eigenvalue weighted by Crippen LogP contribution is -2.40. The topological polar surface area (TPSA) is 44.8 Å². The van der Waals surface area contributed by atoms with Crippen molar-refractivity contribution in [1.29, 1.82) is 0 Å². The standard InChI is InChI=1S/C21H24Cl3N3O2/c1-14(21(28)25-19-12-17(23)16(22)11-18(19)24)26(2)13-15-5-3-4-6-20(15)27-7-9-29-10-8-27/h3-6,11-12,14H,7-10,13H2,1-2H3,(H,25,28). The molecule has 29 heavy (non-hydrogen) atoms. The summed E-state index contributed by atoms with van der Waals surface area (Å²) in [7, 11) is 1.93. The molecule has 0 aliphatic carbocycles. The number of amides is 1. The molecular formula is C21H24Cl3N3O2. The summed E-state index contributed by atoms with van der Waals surface area (Å²) in [6, 6.07) is 11.0. The molecule has 156 valence electrons. The maximum atomic E-state index is 12.8. The van der Waals surface area contributed by atoms with Crippen LogP contribution in [-0.4, -0.2) is 50.2 Å². The van der Waals surface area contributed by atoms with Gasteiger partial charge in [0.05, 0.1) is 40.0 Å². The predicted octanol–water partition coefficient (Wildman–Crippen LogP) is 4.94. The van der Waals surface area contributed by atoms with Crippen LogP contribution in [0.25, 0.3) is 0 Å². The van der Waals surface area contributed by atoms with Gasteiger partial charge in [-0.25, -0.2) is 0 Å². The minimum Gasteiger partial charge on any atom is -0.378 e. The summed E-state index contributed by atoms with van der Waals surface area (Å²) in [5, 5.41) is 3.87. The zero-order valence-corrected chi connectivity index (χ0v) is 18.7. The van der Waals surface area contributed by atoms with Crippen LogP contribution in [0.4, 0.5) is 11.4 Å². The first kappa shape index (κ1) is 22.2. The van der Waals surface area contributed by atoms with Gasteiger partial charge in [0.25, 0.3) is 0 Å². The Kier molecular flexibility index (Phi) is 7.66. The highest BCUT2D eigenvalue weighted by atomic mass is 35.5. The molecule has 1 saturated heterocycles. The van der Waals surface area contributed by atoms with Gasteiger partial charge in [0.1, 0.15) is 0 Å². The first-order valence-corrected chi connectivity index (χ1v) is 10.6. The molecule has 1 atom stereocenters. The molecule has 3 rings (SSSR count). The summed E-state index contributed by atoms with van der Waals surface area (Å²) < 4.78 is 5.46. The number of likely N-dealkylation sites (N-methyl/N-ethyl adjacent to an activating group) is 1. The molecule has 0 spiro atoms. The molecule has 2 aromatic rings. The Morgan fingerprint density at radius 3 is 2.52 bits per heavy atom. The number of anilines is 2. The summed E-state index contributed by atoms with van der Waals surface area (Å²) in [5.41, 5.74) is 2.80. The largest absolute Gasteiger partial charge is 0.378 e. The Bertz CT molecular complexity index is 872. The number of nitrogens with one attached hydrogen (secondary N) is 1. The summed E-state index contributed by atoms with van der Waals surface area (Å²) in [5.74, 6) is -0.170. The number of rotatable bonds is 6. The third-order valence-corrected chi connectivity index (χ3v) is 6.11. The van der Waals surface area contributed by atoms with Crippen molar-refractivity contribution in [3.63, 3.8) is 0 Å². The van der Waals surface area contributed by atoms with E-state index >= 15 is 0 Å². The number of benzene rings is 2. The second kappa shape index (κ2) is 10.0. The van der Waals surface area contributed by atoms with Gasteiger partial charge >= 0.3 is 0 Å². The molecule has 2 aromatic carbocycles. The Hall–Kier alpha value is -1.50. The van der Waals surface area contributed by atoms with Gasteiger partial charge in [-0.05, 0) is 37.7 Å². The molecule has 1 N–H and O–H groups in total. The van der Waals surface area contributed by atoms with Crippen LogP contribution < -0.4 is 10.2 Å². The normalized spacial score (nSPS) is 15.4. The lowest BCUT2D eigenvalue weighted by molar-refractivity contribution is -0.120. The molecule has 8 heteroatoms. The van der Waals surface area contributed by atoms with E-state index in [4.69, 9.17) is 39.5 Å². The Morgan fingerprint density at radius 2 is 1.79 bits per heavy atom. The fourth-order valence-corrected chi connectivity index (χ4v) is 3.81. The van der Waals surface area contributed by atoms with E-state index in [-0.39, 0.29) is 11.9 Å². The van der Waals surface area contributed by atoms with Crippen LogP contribution >= 0.6 is 34.8 Å². The Balaban J connectivity index is 1.68. The van der Waals surface area contributed by atoms with E-state index in [1.807, 2.05) is 31.0 Å². The van der Waals surface area contributed by atoms with E-state index in [0.29, 0.717) is 27.3 Å². The summed E-state index contributed by atoms with van der Waals surface area (Å²) in [6.07, 6.45) is 0. The Labute approximate surface area is 186 Å². The van der Waals surface area contributed by atoms with Gasteiger partial charge in [-0.2, -0.15) is 0 Å². The van der Waals surface area contributed by atoms with Crippen LogP contribution in [-0.2, 0) is 16.1 Å². The highest BCUT2D eigenvalue weighted by Crippen LogP contribution is 2.32. The van der Waals surface area contributed by atoms with Crippen molar-refractivity contribution in [2.75, 3.05) is 43.6 Å². The smallest absolute Gasteiger partial charge is 0.241 e. The zero-order chi connectivity index (χ0) is 21.0. The van der Waals surface area contributed by atoms with Crippen molar-refractivity contribution in [1.82, 2.24) is 4.90 Å². The summed E-state index contributed by atoms with van der Waals surface area (Å²) >= 11 is 18.2. The zero-order valence-electron chi connectivity index (χ0n) is 16.4. The first-order valence-electron chi connectivity index (χ1n) is 9.43. The number of halogens is 3. The van der Waals surface area contributed by atoms with Crippen LogP contribution in [0.3, 0.4) is 0 Å². The van der Waals surface area contributed by atoms with Gasteiger partial charge in [0, 0.05) is 25.3 Å². The minimum absolute atomic E-state index is 0.170. The molecule has 1 heterocycles. The molecule has 1 aliphatic heterocycles. The quantitative estimate of drug-likeness (QED) is 0.625. The lowest BCUT2D eigenvalue weighted by atomic mass is 10.1. The van der Waals surface area contributed by atoms with Crippen LogP contribution in [0.15, 0.2) is 36.4 Å². The van der Waals surface area contributed by atoms with Gasteiger partial charge in [-0.3, -0.25) is 9.69 Å². The average molecular weight is 457 g/mol. The third-order valence-electron chi connectivity index (χ3n) is 5.07. The lowest BCUT2D eigenvalue weighted by Gasteiger charge is -2.32. The van der Waals surface area contributed by atoms with Gasteiger partial charge in [-0.1, -0.05) is 53.0 Å².